The first kappa shape index (κ1) is 15.0. The highest BCUT2D eigenvalue weighted by Gasteiger charge is 2.33. The molecule has 0 radical (unpaired) electrons. The van der Waals surface area contributed by atoms with Gasteiger partial charge in [-0.05, 0) is 24.7 Å². The quantitative estimate of drug-likeness (QED) is 0.839. The Morgan fingerprint density at radius 3 is 2.56 bits per heavy atom. The number of nitrogens with zero attached hydrogens (tertiary/aromatic N) is 1. The van der Waals surface area contributed by atoms with Crippen molar-refractivity contribution < 1.29 is 14.7 Å². The lowest BCUT2D eigenvalue weighted by Gasteiger charge is -2.36. The van der Waals surface area contributed by atoms with E-state index in [4.69, 9.17) is 5.11 Å². The Bertz CT molecular complexity index is 325. The zero-order valence-electron chi connectivity index (χ0n) is 11.9. The fourth-order valence-corrected chi connectivity index (χ4v) is 2.80. The molecule has 2 unspecified atom stereocenters. The molecule has 0 saturated heterocycles. The largest absolute Gasteiger partial charge is 0.481 e. The summed E-state index contributed by atoms with van der Waals surface area (Å²) in [5, 5.41) is 8.87. The molecule has 104 valence electrons. The van der Waals surface area contributed by atoms with Crippen LogP contribution in [0, 0.1) is 17.3 Å². The Kier molecular flexibility index (Phi) is 4.77. The zero-order chi connectivity index (χ0) is 13.9. The summed E-state index contributed by atoms with van der Waals surface area (Å²) in [4.78, 5) is 24.7. The van der Waals surface area contributed by atoms with Gasteiger partial charge >= 0.3 is 5.97 Å². The maximum absolute atomic E-state index is 12.3. The summed E-state index contributed by atoms with van der Waals surface area (Å²) >= 11 is 0. The molecule has 0 aromatic heterocycles. The molecule has 4 heteroatoms. The van der Waals surface area contributed by atoms with Crippen LogP contribution in [-0.2, 0) is 9.59 Å². The summed E-state index contributed by atoms with van der Waals surface area (Å²) in [6.07, 6.45) is 4.11. The number of carboxylic acid groups (broad SMARTS) is 1. The molecule has 1 amide bonds. The van der Waals surface area contributed by atoms with Gasteiger partial charge in [0.05, 0.1) is 5.92 Å². The van der Waals surface area contributed by atoms with Crippen LogP contribution in [0.25, 0.3) is 0 Å². The Labute approximate surface area is 109 Å². The van der Waals surface area contributed by atoms with E-state index in [1.807, 2.05) is 0 Å². The molecule has 1 fully saturated rings. The topological polar surface area (TPSA) is 57.6 Å². The number of carbonyl (C=O) groups is 2. The fourth-order valence-electron chi connectivity index (χ4n) is 2.80. The molecule has 1 rings (SSSR count). The second-order valence-electron chi connectivity index (χ2n) is 6.42. The predicted molar refractivity (Wildman–Crippen MR) is 70.2 cm³/mol. The van der Waals surface area contributed by atoms with E-state index in [1.54, 1.807) is 18.9 Å². The molecule has 1 aliphatic carbocycles. The molecule has 0 aliphatic heterocycles. The van der Waals surface area contributed by atoms with Gasteiger partial charge in [-0.25, -0.2) is 0 Å². The molecule has 1 N–H and O–H groups in total. The monoisotopic (exact) mass is 255 g/mol. The fraction of sp³-hybridized carbons (Fsp3) is 0.857. The molecular weight excluding hydrogens is 230 g/mol. The van der Waals surface area contributed by atoms with Gasteiger partial charge in [0.25, 0.3) is 0 Å². The normalized spacial score (nSPS) is 24.3. The maximum Gasteiger partial charge on any atom is 0.308 e. The second kappa shape index (κ2) is 5.72. The highest BCUT2D eigenvalue weighted by molar-refractivity contribution is 5.79. The van der Waals surface area contributed by atoms with E-state index in [1.165, 1.54) is 6.42 Å². The Morgan fingerprint density at radius 1 is 1.44 bits per heavy atom. The molecule has 1 saturated carbocycles. The second-order valence-corrected chi connectivity index (χ2v) is 6.42. The smallest absolute Gasteiger partial charge is 0.308 e. The lowest BCUT2D eigenvalue weighted by atomic mass is 9.72. The van der Waals surface area contributed by atoms with E-state index in [-0.39, 0.29) is 17.2 Å². The van der Waals surface area contributed by atoms with Gasteiger partial charge < -0.3 is 10.0 Å². The maximum atomic E-state index is 12.3. The van der Waals surface area contributed by atoms with E-state index in [9.17, 15) is 9.59 Å². The Hall–Kier alpha value is -1.06. The first-order chi connectivity index (χ1) is 8.23. The van der Waals surface area contributed by atoms with Crippen molar-refractivity contribution in [2.24, 2.45) is 17.3 Å². The van der Waals surface area contributed by atoms with Crippen LogP contribution in [0.4, 0.5) is 0 Å². The van der Waals surface area contributed by atoms with Crippen LogP contribution in [-0.4, -0.2) is 35.5 Å². The molecule has 1 aliphatic rings. The first-order valence-electron chi connectivity index (χ1n) is 6.71. The lowest BCUT2D eigenvalue weighted by molar-refractivity contribution is -0.144. The zero-order valence-corrected chi connectivity index (χ0v) is 11.9. The van der Waals surface area contributed by atoms with Gasteiger partial charge in [-0.15, -0.1) is 0 Å². The average Bonchev–Trinajstić information content (AvgIpc) is 2.26. The van der Waals surface area contributed by atoms with Gasteiger partial charge in [0.2, 0.25) is 5.91 Å². The molecule has 0 heterocycles. The van der Waals surface area contributed by atoms with Crippen molar-refractivity contribution >= 4 is 11.9 Å². The van der Waals surface area contributed by atoms with Gasteiger partial charge in [-0.1, -0.05) is 27.2 Å². The van der Waals surface area contributed by atoms with Crippen LogP contribution in [0.5, 0.6) is 0 Å². The lowest BCUT2D eigenvalue weighted by Crippen LogP contribution is -2.40. The number of amides is 1. The number of hydrogen-bond acceptors (Lipinski definition) is 2. The summed E-state index contributed by atoms with van der Waals surface area (Å²) in [5.41, 5.74) is 0.234. The minimum absolute atomic E-state index is 0.0692. The van der Waals surface area contributed by atoms with E-state index < -0.39 is 11.9 Å². The van der Waals surface area contributed by atoms with Crippen molar-refractivity contribution in [2.75, 3.05) is 13.6 Å². The summed E-state index contributed by atoms with van der Waals surface area (Å²) < 4.78 is 0. The number of hydrogen-bond donors (Lipinski definition) is 1. The molecular formula is C14H25NO3. The van der Waals surface area contributed by atoms with Crippen LogP contribution < -0.4 is 0 Å². The Morgan fingerprint density at radius 2 is 2.06 bits per heavy atom. The SMILES string of the molecule is CC(CN(C)C(=O)C1CCCC(C)(C)C1)C(=O)O. The molecule has 0 aromatic carbocycles. The molecule has 0 bridgehead atoms. The van der Waals surface area contributed by atoms with Crippen molar-refractivity contribution in [1.82, 2.24) is 4.90 Å². The number of carboxylic acids is 1. The summed E-state index contributed by atoms with van der Waals surface area (Å²) in [7, 11) is 1.71. The summed E-state index contributed by atoms with van der Waals surface area (Å²) in [6, 6.07) is 0. The molecule has 0 spiro atoms. The standard InChI is InChI=1S/C14H25NO3/c1-10(13(17)18)9-15(4)12(16)11-6-5-7-14(2,3)8-11/h10-11H,5-9H2,1-4H3,(H,17,18). The molecule has 4 nitrogen and oxygen atoms in total. The minimum atomic E-state index is -0.848. The van der Waals surface area contributed by atoms with E-state index in [2.05, 4.69) is 13.8 Å². The minimum Gasteiger partial charge on any atom is -0.481 e. The van der Waals surface area contributed by atoms with E-state index in [0.717, 1.165) is 19.3 Å². The van der Waals surface area contributed by atoms with Crippen LogP contribution in [0.1, 0.15) is 46.5 Å². The predicted octanol–water partition coefficient (Wildman–Crippen LogP) is 2.38. The van der Waals surface area contributed by atoms with Gasteiger partial charge in [0, 0.05) is 19.5 Å². The number of aliphatic carboxylic acids is 1. The van der Waals surface area contributed by atoms with Crippen molar-refractivity contribution in [2.45, 2.75) is 46.5 Å². The average molecular weight is 255 g/mol. The third-order valence-electron chi connectivity index (χ3n) is 3.90. The van der Waals surface area contributed by atoms with Crippen molar-refractivity contribution in [1.29, 1.82) is 0 Å². The molecule has 0 aromatic rings. The molecule has 2 atom stereocenters. The van der Waals surface area contributed by atoms with Gasteiger partial charge in [-0.3, -0.25) is 9.59 Å². The number of carbonyl (C=O) groups excluding carboxylic acids is 1. The highest BCUT2D eigenvalue weighted by atomic mass is 16.4. The molecule has 18 heavy (non-hydrogen) atoms. The van der Waals surface area contributed by atoms with E-state index in [0.29, 0.717) is 6.54 Å². The van der Waals surface area contributed by atoms with Gasteiger partial charge in [0.1, 0.15) is 0 Å². The summed E-state index contributed by atoms with van der Waals surface area (Å²) in [5.74, 6) is -1.18. The summed E-state index contributed by atoms with van der Waals surface area (Å²) in [6.45, 7) is 6.33. The van der Waals surface area contributed by atoms with Crippen molar-refractivity contribution in [3.63, 3.8) is 0 Å². The number of rotatable bonds is 4. The highest BCUT2D eigenvalue weighted by Crippen LogP contribution is 2.39. The Balaban J connectivity index is 2.55. The van der Waals surface area contributed by atoms with E-state index >= 15 is 0 Å². The first-order valence-corrected chi connectivity index (χ1v) is 6.71. The van der Waals surface area contributed by atoms with Gasteiger partial charge in [-0.2, -0.15) is 0 Å². The van der Waals surface area contributed by atoms with Crippen LogP contribution in [0.2, 0.25) is 0 Å². The van der Waals surface area contributed by atoms with Crippen molar-refractivity contribution in [3.8, 4) is 0 Å². The third-order valence-corrected chi connectivity index (χ3v) is 3.90. The van der Waals surface area contributed by atoms with Gasteiger partial charge in [0.15, 0.2) is 0 Å². The van der Waals surface area contributed by atoms with Crippen LogP contribution in [0.15, 0.2) is 0 Å². The third kappa shape index (κ3) is 4.00. The van der Waals surface area contributed by atoms with Crippen LogP contribution >= 0.6 is 0 Å². The van der Waals surface area contributed by atoms with Crippen LogP contribution in [0.3, 0.4) is 0 Å². The van der Waals surface area contributed by atoms with Crippen molar-refractivity contribution in [3.05, 3.63) is 0 Å².